The van der Waals surface area contributed by atoms with Crippen LogP contribution in [0.2, 0.25) is 0 Å². The van der Waals surface area contributed by atoms with E-state index in [1.165, 1.54) is 12.1 Å². The molecule has 0 spiro atoms. The lowest BCUT2D eigenvalue weighted by Crippen LogP contribution is -2.46. The van der Waals surface area contributed by atoms with Crippen LogP contribution in [-0.4, -0.2) is 47.9 Å². The lowest BCUT2D eigenvalue weighted by atomic mass is 10.1. The molecule has 1 atom stereocenters. The maximum absolute atomic E-state index is 13.0. The van der Waals surface area contributed by atoms with Gasteiger partial charge < -0.3 is 10.6 Å². The van der Waals surface area contributed by atoms with E-state index in [0.29, 0.717) is 13.0 Å². The van der Waals surface area contributed by atoms with Crippen LogP contribution in [0.5, 0.6) is 0 Å². The number of nitrogens with zero attached hydrogens (tertiary/aromatic N) is 2. The van der Waals surface area contributed by atoms with Crippen LogP contribution in [0.15, 0.2) is 54.6 Å². The summed E-state index contributed by atoms with van der Waals surface area (Å²) in [5.41, 5.74) is 8.34. The zero-order chi connectivity index (χ0) is 18.4. The van der Waals surface area contributed by atoms with Crippen molar-refractivity contribution in [2.24, 2.45) is 5.73 Å². The summed E-state index contributed by atoms with van der Waals surface area (Å²) in [5, 5.41) is 0. The summed E-state index contributed by atoms with van der Waals surface area (Å²) in [5.74, 6) is -0.189. The summed E-state index contributed by atoms with van der Waals surface area (Å²) < 4.78 is 13.0. The fraction of sp³-hybridized carbons (Fsp3) is 0.381. The van der Waals surface area contributed by atoms with Gasteiger partial charge in [0.25, 0.3) is 0 Å². The molecule has 0 saturated carbocycles. The first-order valence-corrected chi connectivity index (χ1v) is 9.17. The molecule has 2 aromatic carbocycles. The minimum absolute atomic E-state index is 0.0254. The van der Waals surface area contributed by atoms with Crippen LogP contribution in [0.4, 0.5) is 4.39 Å². The zero-order valence-electron chi connectivity index (χ0n) is 15.0. The summed E-state index contributed by atoms with van der Waals surface area (Å²) in [6.07, 6.45) is 1.49. The number of amides is 1. The van der Waals surface area contributed by atoms with E-state index in [1.807, 2.05) is 47.4 Å². The standard InChI is InChI=1S/C21H26FN3O/c22-19-9-7-18(8-10-19)16-24-11-4-12-25(14-13-24)21(26)20(23)15-17-5-2-1-3-6-17/h1-3,5-10,20H,4,11-16,23H2/t20-/m1/s1. The largest absolute Gasteiger partial charge is 0.340 e. The molecule has 1 aliphatic heterocycles. The number of nitrogens with two attached hydrogens (primary N) is 1. The summed E-state index contributed by atoms with van der Waals surface area (Å²) in [4.78, 5) is 16.9. The van der Waals surface area contributed by atoms with E-state index in [4.69, 9.17) is 5.73 Å². The molecule has 1 saturated heterocycles. The van der Waals surface area contributed by atoms with E-state index in [-0.39, 0.29) is 11.7 Å². The average molecular weight is 355 g/mol. The Labute approximate surface area is 154 Å². The Balaban J connectivity index is 1.52. The zero-order valence-corrected chi connectivity index (χ0v) is 15.0. The maximum Gasteiger partial charge on any atom is 0.239 e. The Kier molecular flexibility index (Phi) is 6.36. The predicted octanol–water partition coefficient (Wildman–Crippen LogP) is 2.43. The third-order valence-corrected chi connectivity index (χ3v) is 4.84. The van der Waals surface area contributed by atoms with Crippen LogP contribution in [0.3, 0.4) is 0 Å². The molecule has 0 unspecified atom stereocenters. The first-order chi connectivity index (χ1) is 12.6. The van der Waals surface area contributed by atoms with Crippen molar-refractivity contribution < 1.29 is 9.18 Å². The van der Waals surface area contributed by atoms with Gasteiger partial charge in [-0.2, -0.15) is 0 Å². The molecule has 3 rings (SSSR count). The van der Waals surface area contributed by atoms with Gasteiger partial charge in [0.15, 0.2) is 0 Å². The molecule has 1 heterocycles. The van der Waals surface area contributed by atoms with Crippen molar-refractivity contribution in [1.82, 2.24) is 9.80 Å². The lowest BCUT2D eigenvalue weighted by molar-refractivity contribution is -0.132. The van der Waals surface area contributed by atoms with E-state index in [9.17, 15) is 9.18 Å². The van der Waals surface area contributed by atoms with Gasteiger partial charge in [0, 0.05) is 32.7 Å². The normalized spacial score (nSPS) is 16.9. The topological polar surface area (TPSA) is 49.6 Å². The van der Waals surface area contributed by atoms with Crippen molar-refractivity contribution in [2.45, 2.75) is 25.4 Å². The Bertz CT molecular complexity index is 705. The molecule has 1 fully saturated rings. The highest BCUT2D eigenvalue weighted by Gasteiger charge is 2.24. The fourth-order valence-electron chi connectivity index (χ4n) is 3.39. The second-order valence-electron chi connectivity index (χ2n) is 6.88. The van der Waals surface area contributed by atoms with Crippen molar-refractivity contribution in [3.8, 4) is 0 Å². The molecule has 26 heavy (non-hydrogen) atoms. The van der Waals surface area contributed by atoms with Gasteiger partial charge >= 0.3 is 0 Å². The number of carbonyl (C=O) groups excluding carboxylic acids is 1. The summed E-state index contributed by atoms with van der Waals surface area (Å²) in [7, 11) is 0. The van der Waals surface area contributed by atoms with Crippen LogP contribution >= 0.6 is 0 Å². The molecule has 2 aromatic rings. The number of hydrogen-bond acceptors (Lipinski definition) is 3. The molecule has 4 nitrogen and oxygen atoms in total. The van der Waals surface area contributed by atoms with Crippen molar-refractivity contribution in [3.05, 3.63) is 71.5 Å². The number of hydrogen-bond donors (Lipinski definition) is 1. The summed E-state index contributed by atoms with van der Waals surface area (Å²) in [6, 6.07) is 16.0. The second-order valence-corrected chi connectivity index (χ2v) is 6.88. The highest BCUT2D eigenvalue weighted by Crippen LogP contribution is 2.12. The van der Waals surface area contributed by atoms with E-state index in [1.54, 1.807) is 0 Å². The van der Waals surface area contributed by atoms with Gasteiger partial charge in [0.2, 0.25) is 5.91 Å². The first-order valence-electron chi connectivity index (χ1n) is 9.17. The minimum atomic E-state index is -0.499. The average Bonchev–Trinajstić information content (AvgIpc) is 2.89. The molecule has 1 aliphatic rings. The molecule has 0 radical (unpaired) electrons. The molecule has 5 heteroatoms. The SMILES string of the molecule is N[C@H](Cc1ccccc1)C(=O)N1CCCN(Cc2ccc(F)cc2)CC1. The van der Waals surface area contributed by atoms with Crippen LogP contribution in [0.25, 0.3) is 0 Å². The maximum atomic E-state index is 13.0. The highest BCUT2D eigenvalue weighted by molar-refractivity contribution is 5.82. The van der Waals surface area contributed by atoms with Crippen LogP contribution in [0.1, 0.15) is 17.5 Å². The Morgan fingerprint density at radius 3 is 2.42 bits per heavy atom. The number of halogens is 1. The molecule has 138 valence electrons. The second kappa shape index (κ2) is 8.92. The van der Waals surface area contributed by atoms with E-state index < -0.39 is 6.04 Å². The van der Waals surface area contributed by atoms with E-state index >= 15 is 0 Å². The molecule has 1 amide bonds. The van der Waals surface area contributed by atoms with Crippen LogP contribution in [-0.2, 0) is 17.8 Å². The van der Waals surface area contributed by atoms with Crippen molar-refractivity contribution in [1.29, 1.82) is 0 Å². The molecular formula is C21H26FN3O. The monoisotopic (exact) mass is 355 g/mol. The van der Waals surface area contributed by atoms with Gasteiger partial charge in [-0.25, -0.2) is 4.39 Å². The number of carbonyl (C=O) groups is 1. The van der Waals surface area contributed by atoms with Crippen molar-refractivity contribution in [2.75, 3.05) is 26.2 Å². The van der Waals surface area contributed by atoms with Crippen molar-refractivity contribution >= 4 is 5.91 Å². The minimum Gasteiger partial charge on any atom is -0.340 e. The molecule has 0 aliphatic carbocycles. The number of benzene rings is 2. The van der Waals surface area contributed by atoms with Crippen molar-refractivity contribution in [3.63, 3.8) is 0 Å². The van der Waals surface area contributed by atoms with Gasteiger partial charge in [-0.3, -0.25) is 9.69 Å². The van der Waals surface area contributed by atoms with Crippen LogP contribution < -0.4 is 5.73 Å². The van der Waals surface area contributed by atoms with E-state index in [0.717, 1.165) is 43.7 Å². The van der Waals surface area contributed by atoms with E-state index in [2.05, 4.69) is 4.90 Å². The van der Waals surface area contributed by atoms with Crippen LogP contribution in [0, 0.1) is 5.82 Å². The van der Waals surface area contributed by atoms with Gasteiger partial charge in [0.1, 0.15) is 5.82 Å². The Morgan fingerprint density at radius 2 is 1.69 bits per heavy atom. The molecule has 2 N–H and O–H groups in total. The van der Waals surface area contributed by atoms with Gasteiger partial charge in [0.05, 0.1) is 6.04 Å². The summed E-state index contributed by atoms with van der Waals surface area (Å²) >= 11 is 0. The molecular weight excluding hydrogens is 329 g/mol. The predicted molar refractivity (Wildman–Crippen MR) is 101 cm³/mol. The van der Waals surface area contributed by atoms with Gasteiger partial charge in [-0.15, -0.1) is 0 Å². The lowest BCUT2D eigenvalue weighted by Gasteiger charge is -2.25. The first kappa shape index (κ1) is 18.5. The molecule has 0 bridgehead atoms. The number of rotatable bonds is 5. The fourth-order valence-corrected chi connectivity index (χ4v) is 3.39. The Morgan fingerprint density at radius 1 is 0.962 bits per heavy atom. The third kappa shape index (κ3) is 5.13. The van der Waals surface area contributed by atoms with Gasteiger partial charge in [-0.1, -0.05) is 42.5 Å². The molecule has 0 aromatic heterocycles. The quantitative estimate of drug-likeness (QED) is 0.896. The van der Waals surface area contributed by atoms with Gasteiger partial charge in [-0.05, 0) is 36.1 Å². The highest BCUT2D eigenvalue weighted by atomic mass is 19.1. The Hall–Kier alpha value is -2.24. The summed E-state index contributed by atoms with van der Waals surface area (Å²) in [6.45, 7) is 3.93. The third-order valence-electron chi connectivity index (χ3n) is 4.84. The smallest absolute Gasteiger partial charge is 0.239 e.